The van der Waals surface area contributed by atoms with Crippen molar-refractivity contribution in [3.63, 3.8) is 0 Å². The second-order valence-electron chi connectivity index (χ2n) is 6.61. The zero-order valence-electron chi connectivity index (χ0n) is 13.8. The highest BCUT2D eigenvalue weighted by atomic mass is 15.2. The topological polar surface area (TPSA) is 29.3 Å². The molecule has 1 saturated carbocycles. The van der Waals surface area contributed by atoms with Gasteiger partial charge in [0.2, 0.25) is 0 Å². The van der Waals surface area contributed by atoms with Crippen LogP contribution in [-0.4, -0.2) is 15.4 Å². The Morgan fingerprint density at radius 3 is 2.57 bits per heavy atom. The van der Waals surface area contributed by atoms with Gasteiger partial charge in [-0.2, -0.15) is 0 Å². The molecule has 23 heavy (non-hydrogen) atoms. The monoisotopic (exact) mass is 305 g/mol. The van der Waals surface area contributed by atoms with E-state index in [1.165, 1.54) is 42.5 Å². The Labute approximate surface area is 137 Å². The Balaban J connectivity index is 1.92. The van der Waals surface area contributed by atoms with Crippen molar-refractivity contribution < 1.29 is 0 Å². The number of rotatable bonds is 3. The molecule has 0 amide bonds. The first-order valence-electron chi connectivity index (χ1n) is 8.54. The lowest BCUT2D eigenvalue weighted by Gasteiger charge is -2.16. The molecule has 0 aliphatic heterocycles. The Morgan fingerprint density at radius 2 is 1.78 bits per heavy atom. The minimum atomic E-state index is 0.567. The minimum Gasteiger partial charge on any atom is -0.367 e. The van der Waals surface area contributed by atoms with Crippen molar-refractivity contribution >= 4 is 11.5 Å². The van der Waals surface area contributed by atoms with Crippen LogP contribution in [0.25, 0.3) is 16.9 Å². The van der Waals surface area contributed by atoms with Crippen LogP contribution in [0.3, 0.4) is 0 Å². The Hall–Kier alpha value is -2.29. The molecule has 4 rings (SSSR count). The Bertz CT molecular complexity index is 841. The highest BCUT2D eigenvalue weighted by molar-refractivity contribution is 5.79. The third kappa shape index (κ3) is 2.50. The summed E-state index contributed by atoms with van der Waals surface area (Å²) < 4.78 is 2.26. The van der Waals surface area contributed by atoms with Gasteiger partial charge in [0.05, 0.1) is 0 Å². The summed E-state index contributed by atoms with van der Waals surface area (Å²) in [5.41, 5.74) is 5.79. The Morgan fingerprint density at radius 1 is 1.00 bits per heavy atom. The SMILES string of the molecule is Cc1ccccc1-c1nc2cccc(C)n2c1NC1CCCC1. The number of nitrogens with zero attached hydrogens (tertiary/aromatic N) is 2. The quantitative estimate of drug-likeness (QED) is 0.740. The molecular formula is C20H23N3. The van der Waals surface area contributed by atoms with Gasteiger partial charge in [0.15, 0.2) is 0 Å². The molecule has 1 aliphatic carbocycles. The van der Waals surface area contributed by atoms with Gasteiger partial charge in [-0.3, -0.25) is 4.40 Å². The van der Waals surface area contributed by atoms with Crippen LogP contribution in [0.4, 0.5) is 5.82 Å². The van der Waals surface area contributed by atoms with E-state index in [4.69, 9.17) is 4.98 Å². The molecule has 2 aromatic heterocycles. The predicted molar refractivity (Wildman–Crippen MR) is 96.0 cm³/mol. The van der Waals surface area contributed by atoms with Gasteiger partial charge < -0.3 is 5.32 Å². The number of hydrogen-bond donors (Lipinski definition) is 1. The van der Waals surface area contributed by atoms with Crippen molar-refractivity contribution in [3.8, 4) is 11.3 Å². The van der Waals surface area contributed by atoms with E-state index in [1.54, 1.807) is 0 Å². The summed E-state index contributed by atoms with van der Waals surface area (Å²) in [5, 5.41) is 3.80. The number of aromatic nitrogens is 2. The molecule has 0 unspecified atom stereocenters. The molecular weight excluding hydrogens is 282 g/mol. The molecule has 0 atom stereocenters. The fourth-order valence-corrected chi connectivity index (χ4v) is 3.68. The maximum atomic E-state index is 4.95. The van der Waals surface area contributed by atoms with E-state index in [9.17, 15) is 0 Å². The van der Waals surface area contributed by atoms with E-state index in [0.717, 1.165) is 17.2 Å². The number of hydrogen-bond acceptors (Lipinski definition) is 2. The molecule has 0 spiro atoms. The summed E-state index contributed by atoms with van der Waals surface area (Å²) in [6, 6.07) is 15.4. The zero-order chi connectivity index (χ0) is 15.8. The van der Waals surface area contributed by atoms with E-state index in [2.05, 4.69) is 66.0 Å². The molecule has 1 aliphatic rings. The summed E-state index contributed by atoms with van der Waals surface area (Å²) >= 11 is 0. The van der Waals surface area contributed by atoms with Gasteiger partial charge in [0.1, 0.15) is 17.2 Å². The lowest BCUT2D eigenvalue weighted by atomic mass is 10.1. The minimum absolute atomic E-state index is 0.567. The summed E-state index contributed by atoms with van der Waals surface area (Å²) in [7, 11) is 0. The Kier molecular flexibility index (Phi) is 3.56. The van der Waals surface area contributed by atoms with Gasteiger partial charge in [0.25, 0.3) is 0 Å². The summed E-state index contributed by atoms with van der Waals surface area (Å²) in [6.45, 7) is 4.31. The molecule has 1 fully saturated rings. The number of benzene rings is 1. The van der Waals surface area contributed by atoms with Crippen molar-refractivity contribution in [3.05, 3.63) is 53.7 Å². The third-order valence-electron chi connectivity index (χ3n) is 4.93. The normalized spacial score (nSPS) is 15.4. The van der Waals surface area contributed by atoms with Crippen molar-refractivity contribution in [1.82, 2.24) is 9.38 Å². The molecule has 1 aromatic carbocycles. The molecule has 0 saturated heterocycles. The van der Waals surface area contributed by atoms with Crippen molar-refractivity contribution in [1.29, 1.82) is 0 Å². The first-order chi connectivity index (χ1) is 11.2. The highest BCUT2D eigenvalue weighted by Crippen LogP contribution is 2.34. The predicted octanol–water partition coefficient (Wildman–Crippen LogP) is 4.97. The fourth-order valence-electron chi connectivity index (χ4n) is 3.68. The first kappa shape index (κ1) is 14.3. The lowest BCUT2D eigenvalue weighted by Crippen LogP contribution is -2.17. The number of nitrogens with one attached hydrogen (secondary N) is 1. The number of aryl methyl sites for hydroxylation is 2. The largest absolute Gasteiger partial charge is 0.367 e. The standard InChI is InChI=1S/C20H23N3/c1-14-8-3-6-12-17(14)19-20(21-16-10-4-5-11-16)23-15(2)9-7-13-18(23)22-19/h3,6-9,12-13,16,21H,4-5,10-11H2,1-2H3. The van der Waals surface area contributed by atoms with E-state index in [0.29, 0.717) is 6.04 Å². The molecule has 1 N–H and O–H groups in total. The van der Waals surface area contributed by atoms with Crippen molar-refractivity contribution in [2.24, 2.45) is 0 Å². The first-order valence-corrected chi connectivity index (χ1v) is 8.54. The van der Waals surface area contributed by atoms with Crippen LogP contribution >= 0.6 is 0 Å². The van der Waals surface area contributed by atoms with E-state index in [-0.39, 0.29) is 0 Å². The van der Waals surface area contributed by atoms with Crippen molar-refractivity contribution in [2.45, 2.75) is 45.6 Å². The van der Waals surface area contributed by atoms with E-state index >= 15 is 0 Å². The zero-order valence-corrected chi connectivity index (χ0v) is 13.8. The number of imidazole rings is 1. The molecule has 0 radical (unpaired) electrons. The van der Waals surface area contributed by atoms with Gasteiger partial charge >= 0.3 is 0 Å². The fraction of sp³-hybridized carbons (Fsp3) is 0.350. The van der Waals surface area contributed by atoms with Gasteiger partial charge in [0, 0.05) is 17.3 Å². The lowest BCUT2D eigenvalue weighted by molar-refractivity contribution is 0.748. The van der Waals surface area contributed by atoms with Crippen molar-refractivity contribution in [2.75, 3.05) is 5.32 Å². The van der Waals surface area contributed by atoms with Crippen LogP contribution in [0.1, 0.15) is 36.9 Å². The van der Waals surface area contributed by atoms with Crippen LogP contribution in [0.5, 0.6) is 0 Å². The summed E-state index contributed by atoms with van der Waals surface area (Å²) in [5.74, 6) is 1.15. The third-order valence-corrected chi connectivity index (χ3v) is 4.93. The highest BCUT2D eigenvalue weighted by Gasteiger charge is 2.21. The van der Waals surface area contributed by atoms with Crippen LogP contribution < -0.4 is 5.32 Å². The maximum Gasteiger partial charge on any atom is 0.139 e. The molecule has 0 bridgehead atoms. The van der Waals surface area contributed by atoms with Gasteiger partial charge in [-0.05, 0) is 44.4 Å². The molecule has 118 valence electrons. The average molecular weight is 305 g/mol. The number of anilines is 1. The number of fused-ring (bicyclic) bond motifs is 1. The van der Waals surface area contributed by atoms with Crippen LogP contribution in [0.15, 0.2) is 42.5 Å². The maximum absolute atomic E-state index is 4.95. The second-order valence-corrected chi connectivity index (χ2v) is 6.61. The van der Waals surface area contributed by atoms with Crippen LogP contribution in [0, 0.1) is 13.8 Å². The molecule has 3 nitrogen and oxygen atoms in total. The number of pyridine rings is 1. The van der Waals surface area contributed by atoms with Gasteiger partial charge in [-0.15, -0.1) is 0 Å². The van der Waals surface area contributed by atoms with Crippen LogP contribution in [0.2, 0.25) is 0 Å². The summed E-state index contributed by atoms with van der Waals surface area (Å²) in [4.78, 5) is 4.95. The second kappa shape index (κ2) is 5.73. The van der Waals surface area contributed by atoms with Gasteiger partial charge in [-0.1, -0.05) is 43.2 Å². The average Bonchev–Trinajstić information content (AvgIpc) is 3.17. The van der Waals surface area contributed by atoms with E-state index < -0.39 is 0 Å². The molecule has 2 heterocycles. The summed E-state index contributed by atoms with van der Waals surface area (Å²) in [6.07, 6.45) is 5.17. The molecule has 3 heteroatoms. The van der Waals surface area contributed by atoms with Crippen LogP contribution in [-0.2, 0) is 0 Å². The van der Waals surface area contributed by atoms with Gasteiger partial charge in [-0.25, -0.2) is 4.98 Å². The smallest absolute Gasteiger partial charge is 0.139 e. The molecule has 3 aromatic rings. The van der Waals surface area contributed by atoms with E-state index in [1.807, 2.05) is 0 Å².